The number of hydrogen-bond acceptors (Lipinski definition) is 6. The van der Waals surface area contributed by atoms with Gasteiger partial charge in [0, 0.05) is 25.2 Å². The van der Waals surface area contributed by atoms with E-state index in [1.807, 2.05) is 6.07 Å². The summed E-state index contributed by atoms with van der Waals surface area (Å²) in [6.07, 6.45) is 1.32. The van der Waals surface area contributed by atoms with E-state index < -0.39 is 23.4 Å². The summed E-state index contributed by atoms with van der Waals surface area (Å²) in [5.74, 6) is -4.42. The van der Waals surface area contributed by atoms with Gasteiger partial charge < -0.3 is 10.1 Å². The van der Waals surface area contributed by atoms with Crippen molar-refractivity contribution in [2.45, 2.75) is 6.54 Å². The second kappa shape index (κ2) is 9.20. The van der Waals surface area contributed by atoms with E-state index in [4.69, 9.17) is 4.74 Å². The number of carbonyl (C=O) groups excluding carboxylic acids is 1. The van der Waals surface area contributed by atoms with Crippen LogP contribution >= 0.6 is 0 Å². The summed E-state index contributed by atoms with van der Waals surface area (Å²) in [5, 5.41) is 6.94. The average molecular weight is 468 g/mol. The Hall–Kier alpha value is -3.83. The summed E-state index contributed by atoms with van der Waals surface area (Å²) in [6, 6.07) is 10.2. The molecule has 8 nitrogen and oxygen atoms in total. The van der Waals surface area contributed by atoms with E-state index >= 15 is 0 Å². The number of ether oxygens (including phenoxy) is 1. The molecule has 1 N–H and O–H groups in total. The molecule has 0 bridgehead atoms. The molecule has 3 aromatic heterocycles. The Morgan fingerprint density at radius 1 is 1.03 bits per heavy atom. The van der Waals surface area contributed by atoms with Crippen LogP contribution in [-0.2, 0) is 11.3 Å². The van der Waals surface area contributed by atoms with E-state index in [1.165, 1.54) is 22.8 Å². The predicted octanol–water partition coefficient (Wildman–Crippen LogP) is 3.29. The molecule has 4 heterocycles. The number of carbonyl (C=O) groups is 1. The molecule has 0 spiro atoms. The Morgan fingerprint density at radius 3 is 2.68 bits per heavy atom. The van der Waals surface area contributed by atoms with Gasteiger partial charge in [0.2, 0.25) is 0 Å². The molecule has 1 aliphatic heterocycles. The molecule has 34 heavy (non-hydrogen) atoms. The minimum Gasteiger partial charge on any atom is -0.379 e. The minimum absolute atomic E-state index is 0.0154. The first-order chi connectivity index (χ1) is 16.5. The highest BCUT2D eigenvalue weighted by molar-refractivity contribution is 6.02. The second-order valence-corrected chi connectivity index (χ2v) is 7.71. The fourth-order valence-corrected chi connectivity index (χ4v) is 3.70. The monoisotopic (exact) mass is 468 g/mol. The second-order valence-electron chi connectivity index (χ2n) is 7.71. The Bertz CT molecular complexity index is 1370. The van der Waals surface area contributed by atoms with Gasteiger partial charge in [-0.25, -0.2) is 27.7 Å². The van der Waals surface area contributed by atoms with E-state index in [1.54, 1.807) is 12.1 Å². The third-order valence-corrected chi connectivity index (χ3v) is 5.44. The van der Waals surface area contributed by atoms with E-state index in [9.17, 15) is 18.0 Å². The number of amides is 1. The largest absolute Gasteiger partial charge is 0.379 e. The molecule has 1 amide bonds. The molecular weight excluding hydrogens is 449 g/mol. The van der Waals surface area contributed by atoms with Crippen molar-refractivity contribution in [1.29, 1.82) is 0 Å². The van der Waals surface area contributed by atoms with Crippen LogP contribution in [0.5, 0.6) is 0 Å². The van der Waals surface area contributed by atoms with Crippen LogP contribution in [0.15, 0.2) is 48.7 Å². The number of hydrogen-bond donors (Lipinski definition) is 1. The average Bonchev–Trinajstić information content (AvgIpc) is 3.27. The first-order valence-corrected chi connectivity index (χ1v) is 10.6. The van der Waals surface area contributed by atoms with E-state index in [0.717, 1.165) is 30.9 Å². The normalized spacial score (nSPS) is 14.4. The SMILES string of the molecule is O=C(Nc1cccc(CN2CCOCC2)n1)c1cnc2ccc(-c3ccc(F)c(F)c3F)nn12. The topological polar surface area (TPSA) is 84.7 Å². The maximum Gasteiger partial charge on any atom is 0.277 e. The molecule has 4 aromatic rings. The third kappa shape index (κ3) is 4.35. The smallest absolute Gasteiger partial charge is 0.277 e. The van der Waals surface area contributed by atoms with Crippen LogP contribution in [0.1, 0.15) is 16.2 Å². The Morgan fingerprint density at radius 2 is 1.85 bits per heavy atom. The molecule has 0 unspecified atom stereocenters. The number of morpholine rings is 1. The number of benzene rings is 1. The lowest BCUT2D eigenvalue weighted by Crippen LogP contribution is -2.35. The van der Waals surface area contributed by atoms with Crippen molar-refractivity contribution in [1.82, 2.24) is 24.5 Å². The van der Waals surface area contributed by atoms with Crippen molar-refractivity contribution in [3.63, 3.8) is 0 Å². The molecular formula is C23H19F3N6O2. The summed E-state index contributed by atoms with van der Waals surface area (Å²) < 4.78 is 47.8. The Labute approximate surface area is 192 Å². The molecule has 1 aliphatic rings. The maximum atomic E-state index is 14.2. The van der Waals surface area contributed by atoms with Gasteiger partial charge in [-0.05, 0) is 36.4 Å². The number of rotatable bonds is 5. The summed E-state index contributed by atoms with van der Waals surface area (Å²) in [5.41, 5.74) is 0.970. The molecule has 0 aliphatic carbocycles. The van der Waals surface area contributed by atoms with Crippen molar-refractivity contribution in [2.75, 3.05) is 31.6 Å². The number of imidazole rings is 1. The third-order valence-electron chi connectivity index (χ3n) is 5.44. The zero-order valence-electron chi connectivity index (χ0n) is 17.8. The molecule has 5 rings (SSSR count). The molecule has 1 fully saturated rings. The van der Waals surface area contributed by atoms with Crippen LogP contribution < -0.4 is 5.32 Å². The quantitative estimate of drug-likeness (QED) is 0.453. The summed E-state index contributed by atoms with van der Waals surface area (Å²) in [4.78, 5) is 23.8. The van der Waals surface area contributed by atoms with Crippen LogP contribution in [-0.4, -0.2) is 56.7 Å². The van der Waals surface area contributed by atoms with Gasteiger partial charge in [0.15, 0.2) is 28.8 Å². The van der Waals surface area contributed by atoms with Gasteiger partial charge in [-0.3, -0.25) is 9.69 Å². The number of pyridine rings is 1. The standard InChI is InChI=1S/C23H19F3N6O2/c24-16-5-4-15(21(25)22(16)26)17-6-7-20-27-12-18(32(20)30-17)23(33)29-19-3-1-2-14(28-19)13-31-8-10-34-11-9-31/h1-7,12H,8-11,13H2,(H,28,29,33). The molecule has 11 heteroatoms. The van der Waals surface area contributed by atoms with Crippen molar-refractivity contribution >= 4 is 17.4 Å². The van der Waals surface area contributed by atoms with Crippen LogP contribution in [0, 0.1) is 17.5 Å². The first kappa shape index (κ1) is 22.0. The molecule has 0 saturated carbocycles. The molecule has 1 saturated heterocycles. The lowest BCUT2D eigenvalue weighted by atomic mass is 10.1. The van der Waals surface area contributed by atoms with Crippen molar-refractivity contribution in [3.05, 3.63) is 77.5 Å². The minimum atomic E-state index is -1.59. The number of aromatic nitrogens is 4. The highest BCUT2D eigenvalue weighted by atomic mass is 19.2. The fourth-order valence-electron chi connectivity index (χ4n) is 3.70. The van der Waals surface area contributed by atoms with Crippen LogP contribution in [0.25, 0.3) is 16.9 Å². The van der Waals surface area contributed by atoms with Gasteiger partial charge >= 0.3 is 0 Å². The first-order valence-electron chi connectivity index (χ1n) is 10.6. The van der Waals surface area contributed by atoms with Gasteiger partial charge in [0.25, 0.3) is 5.91 Å². The van der Waals surface area contributed by atoms with E-state index in [-0.39, 0.29) is 17.0 Å². The summed E-state index contributed by atoms with van der Waals surface area (Å²) in [7, 11) is 0. The number of fused-ring (bicyclic) bond motifs is 1. The van der Waals surface area contributed by atoms with E-state index in [2.05, 4.69) is 25.3 Å². The van der Waals surface area contributed by atoms with E-state index in [0.29, 0.717) is 31.2 Å². The molecule has 174 valence electrons. The number of nitrogens with zero attached hydrogens (tertiary/aromatic N) is 5. The number of anilines is 1. The van der Waals surface area contributed by atoms with Gasteiger partial charge in [-0.15, -0.1) is 0 Å². The lowest BCUT2D eigenvalue weighted by Gasteiger charge is -2.26. The maximum absolute atomic E-state index is 14.2. The molecule has 0 radical (unpaired) electrons. The van der Waals surface area contributed by atoms with Crippen molar-refractivity contribution < 1.29 is 22.7 Å². The zero-order chi connectivity index (χ0) is 23.7. The van der Waals surface area contributed by atoms with Gasteiger partial charge in [-0.2, -0.15) is 5.10 Å². The molecule has 0 atom stereocenters. The number of halogens is 3. The number of nitrogens with one attached hydrogen (secondary N) is 1. The fraction of sp³-hybridized carbons (Fsp3) is 0.217. The van der Waals surface area contributed by atoms with Crippen molar-refractivity contribution in [2.24, 2.45) is 0 Å². The summed E-state index contributed by atoms with van der Waals surface area (Å²) in [6.45, 7) is 3.61. The predicted molar refractivity (Wildman–Crippen MR) is 117 cm³/mol. The highest BCUT2D eigenvalue weighted by Gasteiger charge is 2.19. The summed E-state index contributed by atoms with van der Waals surface area (Å²) >= 11 is 0. The van der Waals surface area contributed by atoms with Gasteiger partial charge in [-0.1, -0.05) is 6.07 Å². The van der Waals surface area contributed by atoms with Crippen LogP contribution in [0.3, 0.4) is 0 Å². The van der Waals surface area contributed by atoms with Gasteiger partial charge in [0.05, 0.1) is 30.8 Å². The van der Waals surface area contributed by atoms with Crippen molar-refractivity contribution in [3.8, 4) is 11.3 Å². The lowest BCUT2D eigenvalue weighted by molar-refractivity contribution is 0.0337. The zero-order valence-corrected chi connectivity index (χ0v) is 17.8. The van der Waals surface area contributed by atoms with Crippen LogP contribution in [0.2, 0.25) is 0 Å². The molecule has 1 aromatic carbocycles. The Balaban J connectivity index is 1.39. The Kier molecular flexibility index (Phi) is 5.95. The highest BCUT2D eigenvalue weighted by Crippen LogP contribution is 2.25. The van der Waals surface area contributed by atoms with Gasteiger partial charge in [0.1, 0.15) is 5.82 Å². The van der Waals surface area contributed by atoms with Crippen LogP contribution in [0.4, 0.5) is 19.0 Å².